The summed E-state index contributed by atoms with van der Waals surface area (Å²) >= 11 is 1.46. The Bertz CT molecular complexity index is 1790. The van der Waals surface area contributed by atoms with Crippen LogP contribution in [0, 0.1) is 17.4 Å². The number of halogens is 2. The van der Waals surface area contributed by atoms with Crippen molar-refractivity contribution in [2.45, 2.75) is 99.3 Å². The van der Waals surface area contributed by atoms with Gasteiger partial charge >= 0.3 is 63.8 Å². The fourth-order valence-electron chi connectivity index (χ4n) is 6.90. The molecule has 7 rings (SSSR count). The van der Waals surface area contributed by atoms with Gasteiger partial charge in [-0.3, -0.25) is 6.08 Å². The molecule has 0 fully saturated rings. The van der Waals surface area contributed by atoms with Crippen molar-refractivity contribution in [3.8, 4) is 0 Å². The molecular formula is C45H52Cl2Zr-2. The van der Waals surface area contributed by atoms with E-state index in [0.29, 0.717) is 11.3 Å². The third kappa shape index (κ3) is 8.57. The fourth-order valence-corrected chi connectivity index (χ4v) is 7.37. The van der Waals surface area contributed by atoms with Crippen LogP contribution < -0.4 is 24.8 Å². The van der Waals surface area contributed by atoms with Crippen molar-refractivity contribution in [3.05, 3.63) is 124 Å². The van der Waals surface area contributed by atoms with Crippen LogP contribution in [0.4, 0.5) is 0 Å². The van der Waals surface area contributed by atoms with Crippen LogP contribution >= 0.6 is 0 Å². The Kier molecular flexibility index (Phi) is 13.2. The van der Waals surface area contributed by atoms with Gasteiger partial charge < -0.3 is 24.8 Å². The van der Waals surface area contributed by atoms with Crippen molar-refractivity contribution < 1.29 is 49.0 Å². The molecule has 4 aromatic rings. The van der Waals surface area contributed by atoms with Crippen LogP contribution in [0.5, 0.6) is 0 Å². The van der Waals surface area contributed by atoms with Crippen LogP contribution in [-0.4, -0.2) is 3.71 Å². The van der Waals surface area contributed by atoms with Gasteiger partial charge in [0.25, 0.3) is 0 Å². The fraction of sp³-hybridized carbons (Fsp3) is 0.378. The van der Waals surface area contributed by atoms with Gasteiger partial charge in [-0.1, -0.05) is 109 Å². The van der Waals surface area contributed by atoms with E-state index >= 15 is 0 Å². The zero-order chi connectivity index (χ0) is 33.4. The SMILES string of the molecule is CC1=CCC(C)(C)c2cc3[cH-]c4cc5c(cc4c3cc21)C(C)=CCC5(C)C.CCC1[C-]=CC(C(C)(C)C)=C1.[Cl-].[Cl-].[Zr+2]=[CH]c1ccccc1. The average molecular weight is 755 g/mol. The summed E-state index contributed by atoms with van der Waals surface area (Å²) in [6.45, 7) is 23.0. The van der Waals surface area contributed by atoms with E-state index in [4.69, 9.17) is 0 Å². The molecule has 3 aliphatic rings. The van der Waals surface area contributed by atoms with E-state index in [-0.39, 0.29) is 35.6 Å². The summed E-state index contributed by atoms with van der Waals surface area (Å²) in [5, 5.41) is 5.61. The molecule has 0 aromatic heterocycles. The average Bonchev–Trinajstić information content (AvgIpc) is 3.66. The van der Waals surface area contributed by atoms with Crippen LogP contribution in [0.15, 0.2) is 90.5 Å². The molecule has 0 aliphatic heterocycles. The minimum absolute atomic E-state index is 0. The first-order valence-corrected chi connectivity index (χ1v) is 18.5. The molecular weight excluding hydrogens is 703 g/mol. The summed E-state index contributed by atoms with van der Waals surface area (Å²) in [4.78, 5) is 0. The van der Waals surface area contributed by atoms with E-state index in [9.17, 15) is 0 Å². The Labute approximate surface area is 318 Å². The first-order chi connectivity index (χ1) is 21.6. The summed E-state index contributed by atoms with van der Waals surface area (Å²) in [6.07, 6.45) is 16.1. The molecule has 0 radical (unpaired) electrons. The van der Waals surface area contributed by atoms with E-state index in [0.717, 1.165) is 12.8 Å². The van der Waals surface area contributed by atoms with E-state index in [1.54, 1.807) is 0 Å². The monoisotopic (exact) mass is 752 g/mol. The van der Waals surface area contributed by atoms with Crippen molar-refractivity contribution in [1.29, 1.82) is 0 Å². The zero-order valence-electron chi connectivity index (χ0n) is 30.6. The van der Waals surface area contributed by atoms with Crippen LogP contribution in [0.2, 0.25) is 0 Å². The molecule has 3 heteroatoms. The number of rotatable bonds is 2. The predicted octanol–water partition coefficient (Wildman–Crippen LogP) is 6.63. The van der Waals surface area contributed by atoms with Gasteiger partial charge in [-0.05, 0) is 59.8 Å². The summed E-state index contributed by atoms with van der Waals surface area (Å²) in [5.41, 5.74) is 12.2. The van der Waals surface area contributed by atoms with Gasteiger partial charge in [-0.25, -0.2) is 6.08 Å². The Morgan fingerprint density at radius 1 is 0.812 bits per heavy atom. The predicted molar refractivity (Wildman–Crippen MR) is 200 cm³/mol. The van der Waals surface area contributed by atoms with Gasteiger partial charge in [0.1, 0.15) is 0 Å². The van der Waals surface area contributed by atoms with Crippen molar-refractivity contribution in [2.75, 3.05) is 0 Å². The van der Waals surface area contributed by atoms with Gasteiger partial charge in [-0.15, -0.1) is 39.7 Å². The maximum atomic E-state index is 3.35. The van der Waals surface area contributed by atoms with Gasteiger partial charge in [0.2, 0.25) is 0 Å². The number of fused-ring (bicyclic) bond motifs is 5. The van der Waals surface area contributed by atoms with Crippen LogP contribution in [0.3, 0.4) is 0 Å². The standard InChI is InChI=1S/C27H29.C11H17.C7H6.2ClH.Zr/c1-16-7-9-26(3,4)24-12-18-11-19-13-25-21(17(2)8-10-27(25,5)6)15-23(19)22(18)14-20(16)24;1-5-9-6-7-10(8-9)11(2,3)4;1-7-5-3-2-4-6-7;;;/h7-8,11-15H,9-10H2,1-6H3;7-9H,5H2,1-4H3;1-6H;2*1H;/q2*-1;;;;+2/p-2. The number of hydrogen-bond donors (Lipinski definition) is 0. The molecule has 0 spiro atoms. The van der Waals surface area contributed by atoms with E-state index < -0.39 is 0 Å². The summed E-state index contributed by atoms with van der Waals surface area (Å²) in [5.74, 6) is 0.573. The molecule has 252 valence electrons. The normalized spacial score (nSPS) is 18.3. The van der Waals surface area contributed by atoms with E-state index in [2.05, 4.69) is 158 Å². The molecule has 1 atom stereocenters. The Balaban J connectivity index is 0.000000247. The second-order valence-corrected chi connectivity index (χ2v) is 16.5. The Hall–Kier alpha value is -2.18. The van der Waals surface area contributed by atoms with Crippen molar-refractivity contribution in [2.24, 2.45) is 11.3 Å². The molecule has 0 N–H and O–H groups in total. The molecule has 0 amide bonds. The van der Waals surface area contributed by atoms with Gasteiger partial charge in [0.15, 0.2) is 0 Å². The third-order valence-electron chi connectivity index (χ3n) is 10.2. The van der Waals surface area contributed by atoms with Crippen molar-refractivity contribution in [1.82, 2.24) is 0 Å². The zero-order valence-corrected chi connectivity index (χ0v) is 34.6. The molecule has 4 aromatic carbocycles. The number of benzene rings is 3. The van der Waals surface area contributed by atoms with Crippen LogP contribution in [0.25, 0.3) is 32.7 Å². The molecule has 0 saturated carbocycles. The Morgan fingerprint density at radius 3 is 1.65 bits per heavy atom. The van der Waals surface area contributed by atoms with Crippen molar-refractivity contribution in [3.63, 3.8) is 0 Å². The van der Waals surface area contributed by atoms with E-state index in [1.807, 2.05) is 6.07 Å². The van der Waals surface area contributed by atoms with Gasteiger partial charge in [-0.2, -0.15) is 11.6 Å². The minimum atomic E-state index is 0. The molecule has 3 aliphatic carbocycles. The quantitative estimate of drug-likeness (QED) is 0.202. The number of hydrogen-bond acceptors (Lipinski definition) is 0. The first kappa shape index (κ1) is 40.3. The second kappa shape index (κ2) is 15.8. The summed E-state index contributed by atoms with van der Waals surface area (Å²) in [7, 11) is 0. The molecule has 0 bridgehead atoms. The first-order valence-electron chi connectivity index (χ1n) is 17.1. The summed E-state index contributed by atoms with van der Waals surface area (Å²) in [6, 6.07) is 22.6. The Morgan fingerprint density at radius 2 is 1.29 bits per heavy atom. The van der Waals surface area contributed by atoms with Gasteiger partial charge in [0.05, 0.1) is 0 Å². The van der Waals surface area contributed by atoms with Crippen LogP contribution in [0.1, 0.15) is 116 Å². The topological polar surface area (TPSA) is 0 Å². The molecule has 1 unspecified atom stereocenters. The third-order valence-corrected chi connectivity index (χ3v) is 11.1. The molecule has 48 heavy (non-hydrogen) atoms. The van der Waals surface area contributed by atoms with E-state index in [1.165, 1.54) is 96.7 Å². The molecule has 0 nitrogen and oxygen atoms in total. The van der Waals surface area contributed by atoms with Gasteiger partial charge in [0, 0.05) is 0 Å². The summed E-state index contributed by atoms with van der Waals surface area (Å²) < 4.78 is 2.17. The second-order valence-electron chi connectivity index (χ2n) is 15.8. The number of allylic oxidation sites excluding steroid dienone is 8. The van der Waals surface area contributed by atoms with Crippen LogP contribution in [-0.2, 0) is 35.1 Å². The maximum absolute atomic E-state index is 3.35. The molecule has 0 saturated heterocycles. The van der Waals surface area contributed by atoms with Crippen molar-refractivity contribution >= 4 is 36.4 Å². The molecule has 0 heterocycles.